The van der Waals surface area contributed by atoms with Crippen LogP contribution in [0.25, 0.3) is 27.5 Å². The monoisotopic (exact) mass is 220 g/mol. The number of aromatic nitrogens is 4. The molecule has 0 aliphatic heterocycles. The van der Waals surface area contributed by atoms with Gasteiger partial charge in [0.15, 0.2) is 0 Å². The topological polar surface area (TPSA) is 43.1 Å². The number of fused-ring (bicyclic) bond motifs is 5. The Morgan fingerprint density at radius 3 is 2.82 bits per heavy atom. The van der Waals surface area contributed by atoms with E-state index in [1.807, 2.05) is 22.7 Å². The van der Waals surface area contributed by atoms with Gasteiger partial charge in [-0.3, -0.25) is 4.40 Å². The number of rotatable bonds is 0. The average Bonchev–Trinajstić information content (AvgIpc) is 2.86. The van der Waals surface area contributed by atoms with Gasteiger partial charge in [-0.15, -0.1) is 10.2 Å². The molecule has 0 N–H and O–H groups in total. The molecule has 0 amide bonds. The Hall–Kier alpha value is -2.49. The molecule has 0 radical (unpaired) electrons. The van der Waals surface area contributed by atoms with Crippen LogP contribution in [0.3, 0.4) is 0 Å². The maximum Gasteiger partial charge on any atom is 0.255 e. The zero-order valence-electron chi connectivity index (χ0n) is 8.91. The smallest absolute Gasteiger partial charge is 0.255 e. The van der Waals surface area contributed by atoms with Gasteiger partial charge in [-0.2, -0.15) is 0 Å². The third kappa shape index (κ3) is 1.09. The second-order valence-corrected chi connectivity index (χ2v) is 3.98. The molecule has 0 saturated heterocycles. The summed E-state index contributed by atoms with van der Waals surface area (Å²) in [6.45, 7) is 0. The Morgan fingerprint density at radius 2 is 1.82 bits per heavy atom. The van der Waals surface area contributed by atoms with Crippen LogP contribution in [0.4, 0.5) is 0 Å². The Morgan fingerprint density at radius 1 is 0.941 bits per heavy atom. The molecule has 0 spiro atoms. The molecule has 4 heteroatoms. The van der Waals surface area contributed by atoms with Gasteiger partial charge in [-0.25, -0.2) is 4.98 Å². The summed E-state index contributed by atoms with van der Waals surface area (Å²) in [7, 11) is 0. The third-order valence-corrected chi connectivity index (χ3v) is 3.02. The molecular weight excluding hydrogens is 212 g/mol. The van der Waals surface area contributed by atoms with Crippen molar-refractivity contribution in [2.75, 3.05) is 0 Å². The molecule has 0 saturated carbocycles. The lowest BCUT2D eigenvalue weighted by molar-refractivity contribution is 1.10. The molecule has 4 nitrogen and oxygen atoms in total. The van der Waals surface area contributed by atoms with Crippen LogP contribution >= 0.6 is 0 Å². The van der Waals surface area contributed by atoms with Crippen molar-refractivity contribution in [3.63, 3.8) is 0 Å². The number of benzene rings is 2. The van der Waals surface area contributed by atoms with Gasteiger partial charge in [-0.1, -0.05) is 36.4 Å². The van der Waals surface area contributed by atoms with Crippen LogP contribution in [-0.2, 0) is 0 Å². The molecule has 0 unspecified atom stereocenters. The molecule has 17 heavy (non-hydrogen) atoms. The van der Waals surface area contributed by atoms with Gasteiger partial charge in [0.2, 0.25) is 0 Å². The van der Waals surface area contributed by atoms with Gasteiger partial charge in [0.25, 0.3) is 5.78 Å². The lowest BCUT2D eigenvalue weighted by atomic mass is 10.1. The highest BCUT2D eigenvalue weighted by atomic mass is 15.3. The van der Waals surface area contributed by atoms with Gasteiger partial charge in [0, 0.05) is 17.0 Å². The van der Waals surface area contributed by atoms with Crippen molar-refractivity contribution in [1.82, 2.24) is 19.6 Å². The van der Waals surface area contributed by atoms with Crippen molar-refractivity contribution >= 4 is 27.5 Å². The minimum absolute atomic E-state index is 0.633. The molecule has 2 aromatic carbocycles. The highest BCUT2D eigenvalue weighted by Crippen LogP contribution is 2.24. The first-order valence-corrected chi connectivity index (χ1v) is 5.40. The van der Waals surface area contributed by atoms with Crippen LogP contribution in [0.2, 0.25) is 0 Å². The fraction of sp³-hybridized carbons (Fsp3) is 0. The zero-order valence-corrected chi connectivity index (χ0v) is 8.91. The largest absolute Gasteiger partial charge is 0.265 e. The van der Waals surface area contributed by atoms with Crippen molar-refractivity contribution in [3.8, 4) is 0 Å². The molecule has 80 valence electrons. The Bertz CT molecular complexity index is 848. The van der Waals surface area contributed by atoms with E-state index in [1.54, 1.807) is 6.33 Å². The lowest BCUT2D eigenvalue weighted by Crippen LogP contribution is -1.91. The first-order valence-electron chi connectivity index (χ1n) is 5.40. The SMILES string of the molecule is c1ccc2c(c1)ccc1cnc3nncn3c12. The van der Waals surface area contributed by atoms with E-state index in [4.69, 9.17) is 0 Å². The van der Waals surface area contributed by atoms with E-state index in [0.717, 1.165) is 10.9 Å². The van der Waals surface area contributed by atoms with Crippen molar-refractivity contribution < 1.29 is 0 Å². The van der Waals surface area contributed by atoms with Crippen LogP contribution in [0.15, 0.2) is 48.9 Å². The molecule has 2 aromatic heterocycles. The first kappa shape index (κ1) is 8.64. The van der Waals surface area contributed by atoms with Gasteiger partial charge in [0.1, 0.15) is 6.33 Å². The van der Waals surface area contributed by atoms with Crippen LogP contribution in [0, 0.1) is 0 Å². The van der Waals surface area contributed by atoms with E-state index in [9.17, 15) is 0 Å². The Labute approximate surface area is 96.5 Å². The van der Waals surface area contributed by atoms with Crippen LogP contribution in [0.1, 0.15) is 0 Å². The minimum Gasteiger partial charge on any atom is -0.265 e. The van der Waals surface area contributed by atoms with Crippen molar-refractivity contribution in [1.29, 1.82) is 0 Å². The fourth-order valence-electron chi connectivity index (χ4n) is 2.25. The Kier molecular flexibility index (Phi) is 1.53. The first-order chi connectivity index (χ1) is 8.43. The number of nitrogens with zero attached hydrogens (tertiary/aromatic N) is 4. The van der Waals surface area contributed by atoms with Crippen LogP contribution in [0.5, 0.6) is 0 Å². The normalized spacial score (nSPS) is 11.5. The second kappa shape index (κ2) is 3.01. The van der Waals surface area contributed by atoms with E-state index >= 15 is 0 Å². The summed E-state index contributed by atoms with van der Waals surface area (Å²) in [5.74, 6) is 0.633. The Balaban J connectivity index is 2.41. The molecule has 0 aliphatic carbocycles. The molecule has 4 aromatic rings. The molecule has 0 fully saturated rings. The van der Waals surface area contributed by atoms with Gasteiger partial charge in [-0.05, 0) is 5.39 Å². The standard InChI is InChI=1S/C13H8N4/c1-2-4-11-9(3-1)5-6-10-7-14-13-16-15-8-17(13)12(10)11/h1-8H. The summed E-state index contributed by atoms with van der Waals surface area (Å²) in [5.41, 5.74) is 1.11. The van der Waals surface area contributed by atoms with Crippen molar-refractivity contribution in [2.24, 2.45) is 0 Å². The minimum atomic E-state index is 0.633. The van der Waals surface area contributed by atoms with Crippen LogP contribution < -0.4 is 0 Å². The van der Waals surface area contributed by atoms with Crippen LogP contribution in [-0.4, -0.2) is 19.6 Å². The highest BCUT2D eigenvalue weighted by molar-refractivity contribution is 6.05. The maximum atomic E-state index is 4.27. The number of hydrogen-bond acceptors (Lipinski definition) is 3. The van der Waals surface area contributed by atoms with Crippen molar-refractivity contribution in [3.05, 3.63) is 48.9 Å². The van der Waals surface area contributed by atoms with Gasteiger partial charge >= 0.3 is 0 Å². The van der Waals surface area contributed by atoms with E-state index < -0.39 is 0 Å². The highest BCUT2D eigenvalue weighted by Gasteiger charge is 2.05. The predicted octanol–water partition coefficient (Wildman–Crippen LogP) is 2.43. The molecule has 0 bridgehead atoms. The zero-order chi connectivity index (χ0) is 11.2. The summed E-state index contributed by atoms with van der Waals surface area (Å²) < 4.78 is 1.93. The third-order valence-electron chi connectivity index (χ3n) is 3.02. The molecule has 0 atom stereocenters. The maximum absolute atomic E-state index is 4.27. The van der Waals surface area contributed by atoms with E-state index in [2.05, 4.69) is 39.4 Å². The summed E-state index contributed by atoms with van der Waals surface area (Å²) in [6.07, 6.45) is 3.54. The van der Waals surface area contributed by atoms with Gasteiger partial charge < -0.3 is 0 Å². The summed E-state index contributed by atoms with van der Waals surface area (Å²) in [5, 5.41) is 11.4. The van der Waals surface area contributed by atoms with E-state index in [-0.39, 0.29) is 0 Å². The fourth-order valence-corrected chi connectivity index (χ4v) is 2.25. The van der Waals surface area contributed by atoms with Gasteiger partial charge in [0.05, 0.1) is 5.52 Å². The summed E-state index contributed by atoms with van der Waals surface area (Å²) >= 11 is 0. The average molecular weight is 220 g/mol. The predicted molar refractivity (Wildman–Crippen MR) is 65.8 cm³/mol. The molecule has 4 rings (SSSR count). The van der Waals surface area contributed by atoms with Crippen molar-refractivity contribution in [2.45, 2.75) is 0 Å². The summed E-state index contributed by atoms with van der Waals surface area (Å²) in [4.78, 5) is 4.27. The molecular formula is C13H8N4. The second-order valence-electron chi connectivity index (χ2n) is 3.98. The summed E-state index contributed by atoms with van der Waals surface area (Å²) in [6, 6.07) is 12.5. The number of hydrogen-bond donors (Lipinski definition) is 0. The molecule has 0 aliphatic rings. The molecule has 2 heterocycles. The van der Waals surface area contributed by atoms with E-state index in [0.29, 0.717) is 5.78 Å². The quantitative estimate of drug-likeness (QED) is 0.427. The lowest BCUT2D eigenvalue weighted by Gasteiger charge is -2.04. The van der Waals surface area contributed by atoms with E-state index in [1.165, 1.54) is 10.8 Å².